The third-order valence-corrected chi connectivity index (χ3v) is 7.04. The minimum atomic E-state index is -0.880. The molecule has 0 bridgehead atoms. The van der Waals surface area contributed by atoms with Gasteiger partial charge in [0, 0.05) is 30.8 Å². The van der Waals surface area contributed by atoms with Gasteiger partial charge < -0.3 is 21.3 Å². The van der Waals surface area contributed by atoms with Gasteiger partial charge in [0.15, 0.2) is 0 Å². The third kappa shape index (κ3) is 6.60. The molecule has 3 rings (SSSR count). The van der Waals surface area contributed by atoms with Crippen LogP contribution in [0.1, 0.15) is 63.1 Å². The van der Waals surface area contributed by atoms with Crippen LogP contribution in [0.25, 0.3) is 0 Å². The van der Waals surface area contributed by atoms with Crippen LogP contribution in [-0.2, 0) is 17.4 Å². The van der Waals surface area contributed by atoms with Crippen molar-refractivity contribution >= 4 is 0 Å². The molecular weight excluding hydrogens is 422 g/mol. The van der Waals surface area contributed by atoms with E-state index in [1.807, 2.05) is 0 Å². The highest BCUT2D eigenvalue weighted by Gasteiger charge is 2.37. The van der Waals surface area contributed by atoms with Crippen LogP contribution in [0.2, 0.25) is 0 Å². The highest BCUT2D eigenvalue weighted by atomic mass is 19.1. The molecule has 2 atom stereocenters. The number of benzene rings is 2. The minimum Gasteiger partial charge on any atom is -0.396 e. The van der Waals surface area contributed by atoms with Crippen molar-refractivity contribution < 1.29 is 19.0 Å². The molecule has 0 amide bonds. The lowest BCUT2D eigenvalue weighted by Crippen LogP contribution is -2.52. The predicted molar refractivity (Wildman–Crippen MR) is 128 cm³/mol. The van der Waals surface area contributed by atoms with Crippen LogP contribution in [0.3, 0.4) is 0 Å². The second-order valence-electron chi connectivity index (χ2n) is 10.6. The Morgan fingerprint density at radius 2 is 1.73 bits per heavy atom. The van der Waals surface area contributed by atoms with Gasteiger partial charge in [0.1, 0.15) is 11.6 Å². The van der Waals surface area contributed by atoms with Crippen molar-refractivity contribution in [3.05, 3.63) is 70.8 Å². The van der Waals surface area contributed by atoms with E-state index in [1.54, 1.807) is 0 Å². The predicted octanol–water partition coefficient (Wildman–Crippen LogP) is 4.16. The lowest BCUT2D eigenvalue weighted by molar-refractivity contribution is 0.0971. The Morgan fingerprint density at radius 1 is 1.09 bits per heavy atom. The molecule has 1 aliphatic rings. The van der Waals surface area contributed by atoms with Crippen LogP contribution < -0.4 is 11.1 Å². The van der Waals surface area contributed by atoms with Gasteiger partial charge in [-0.25, -0.2) is 8.78 Å². The molecule has 2 aromatic carbocycles. The van der Waals surface area contributed by atoms with E-state index in [4.69, 9.17) is 5.73 Å². The van der Waals surface area contributed by atoms with Crippen LogP contribution in [0, 0.1) is 17.6 Å². The maximum Gasteiger partial charge on any atom is 0.126 e. The summed E-state index contributed by atoms with van der Waals surface area (Å²) in [6.07, 6.45) is 2.79. The Morgan fingerprint density at radius 3 is 2.30 bits per heavy atom. The van der Waals surface area contributed by atoms with E-state index in [1.165, 1.54) is 23.3 Å². The number of hydrogen-bond acceptors (Lipinski definition) is 4. The first-order valence-corrected chi connectivity index (χ1v) is 11.9. The normalized spacial score (nSPS) is 23.3. The molecule has 5 N–H and O–H groups in total. The third-order valence-electron chi connectivity index (χ3n) is 7.04. The molecule has 1 fully saturated rings. The Balaban J connectivity index is 1.75. The SMILES string of the molecule is CC(C)(C)c1cccc(C2(NC[C@@H](O)[C@@H](N)Cc3cc(F)cc(F)c3)CCC(CO)CC2)c1. The van der Waals surface area contributed by atoms with E-state index < -0.39 is 23.8 Å². The standard InChI is InChI=1S/C27H38F2N2O2/c1-26(2,3)20-5-4-6-21(14-20)27(9-7-18(17-32)8-10-27)31-16-25(33)24(30)13-19-11-22(28)15-23(29)12-19/h4-6,11-12,14-15,18,24-25,31-33H,7-10,13,16-17,30H2,1-3H3/t18?,24-,25+,27?/m0/s1. The van der Waals surface area contributed by atoms with Crippen molar-refractivity contribution in [1.82, 2.24) is 5.32 Å². The van der Waals surface area contributed by atoms with Gasteiger partial charge in [-0.15, -0.1) is 0 Å². The highest BCUT2D eigenvalue weighted by molar-refractivity contribution is 5.34. The average Bonchev–Trinajstić information content (AvgIpc) is 2.76. The van der Waals surface area contributed by atoms with Crippen molar-refractivity contribution in [2.24, 2.45) is 11.7 Å². The van der Waals surface area contributed by atoms with E-state index >= 15 is 0 Å². The van der Waals surface area contributed by atoms with Crippen LogP contribution in [0.15, 0.2) is 42.5 Å². The molecule has 6 heteroatoms. The van der Waals surface area contributed by atoms with E-state index in [9.17, 15) is 19.0 Å². The topological polar surface area (TPSA) is 78.5 Å². The molecule has 0 saturated heterocycles. The summed E-state index contributed by atoms with van der Waals surface area (Å²) < 4.78 is 27.0. The summed E-state index contributed by atoms with van der Waals surface area (Å²) in [6.45, 7) is 7.02. The van der Waals surface area contributed by atoms with Gasteiger partial charge in [0.25, 0.3) is 0 Å². The van der Waals surface area contributed by atoms with Crippen molar-refractivity contribution in [2.45, 2.75) is 76.0 Å². The zero-order chi connectivity index (χ0) is 24.2. The van der Waals surface area contributed by atoms with Gasteiger partial charge in [-0.3, -0.25) is 0 Å². The van der Waals surface area contributed by atoms with Crippen LogP contribution in [-0.4, -0.2) is 35.5 Å². The fraction of sp³-hybridized carbons (Fsp3) is 0.556. The van der Waals surface area contributed by atoms with Gasteiger partial charge in [0.05, 0.1) is 6.10 Å². The maximum absolute atomic E-state index is 13.5. The largest absolute Gasteiger partial charge is 0.396 e. The van der Waals surface area contributed by atoms with E-state index in [0.717, 1.165) is 31.7 Å². The smallest absolute Gasteiger partial charge is 0.126 e. The minimum absolute atomic E-state index is 0.0155. The Bertz CT molecular complexity index is 900. The molecule has 0 aromatic heterocycles. The molecule has 33 heavy (non-hydrogen) atoms. The molecule has 0 unspecified atom stereocenters. The lowest BCUT2D eigenvalue weighted by atomic mass is 9.71. The van der Waals surface area contributed by atoms with Gasteiger partial charge in [-0.2, -0.15) is 0 Å². The van der Waals surface area contributed by atoms with E-state index in [2.05, 4.69) is 50.4 Å². The van der Waals surface area contributed by atoms with Crippen LogP contribution >= 0.6 is 0 Å². The molecule has 0 spiro atoms. The van der Waals surface area contributed by atoms with Crippen LogP contribution in [0.4, 0.5) is 8.78 Å². The number of nitrogens with two attached hydrogens (primary N) is 1. The fourth-order valence-electron chi connectivity index (χ4n) is 4.79. The van der Waals surface area contributed by atoms with Gasteiger partial charge in [-0.1, -0.05) is 45.0 Å². The lowest BCUT2D eigenvalue weighted by Gasteiger charge is -2.42. The Hall–Kier alpha value is -1.86. The van der Waals surface area contributed by atoms with Crippen molar-refractivity contribution in [1.29, 1.82) is 0 Å². The van der Waals surface area contributed by atoms with Crippen molar-refractivity contribution in [3.63, 3.8) is 0 Å². The molecule has 1 saturated carbocycles. The summed E-state index contributed by atoms with van der Waals surface area (Å²) in [5.74, 6) is -1.01. The number of rotatable bonds is 8. The fourth-order valence-corrected chi connectivity index (χ4v) is 4.79. The molecule has 0 aliphatic heterocycles. The number of aliphatic hydroxyl groups excluding tert-OH is 2. The second-order valence-corrected chi connectivity index (χ2v) is 10.6. The molecule has 182 valence electrons. The highest BCUT2D eigenvalue weighted by Crippen LogP contribution is 2.40. The van der Waals surface area contributed by atoms with Crippen molar-refractivity contribution in [3.8, 4) is 0 Å². The zero-order valence-electron chi connectivity index (χ0n) is 20.0. The number of hydrogen-bond donors (Lipinski definition) is 4. The summed E-state index contributed by atoms with van der Waals surface area (Å²) in [7, 11) is 0. The first kappa shape index (κ1) is 25.8. The maximum atomic E-state index is 13.5. The zero-order valence-corrected chi connectivity index (χ0v) is 20.0. The first-order chi connectivity index (χ1) is 15.5. The Labute approximate surface area is 196 Å². The van der Waals surface area contributed by atoms with E-state index in [0.29, 0.717) is 11.5 Å². The molecule has 4 nitrogen and oxygen atoms in total. The van der Waals surface area contributed by atoms with Gasteiger partial charge in [-0.05, 0) is 72.3 Å². The molecule has 0 heterocycles. The second kappa shape index (κ2) is 10.6. The molecule has 1 aliphatic carbocycles. The summed E-state index contributed by atoms with van der Waals surface area (Å²) in [6, 6.07) is 11.3. The molecule has 2 aromatic rings. The molecule has 0 radical (unpaired) electrons. The van der Waals surface area contributed by atoms with Crippen molar-refractivity contribution in [2.75, 3.05) is 13.2 Å². The summed E-state index contributed by atoms with van der Waals surface area (Å²) in [4.78, 5) is 0. The van der Waals surface area contributed by atoms with Crippen LogP contribution in [0.5, 0.6) is 0 Å². The van der Waals surface area contributed by atoms with Gasteiger partial charge >= 0.3 is 0 Å². The monoisotopic (exact) mass is 460 g/mol. The quantitative estimate of drug-likeness (QED) is 0.477. The molecular formula is C27H38F2N2O2. The summed E-state index contributed by atoms with van der Waals surface area (Å²) in [5, 5.41) is 24.0. The summed E-state index contributed by atoms with van der Waals surface area (Å²) in [5.41, 5.74) is 8.75. The Kier molecular flexibility index (Phi) is 8.27. The number of nitrogens with one attached hydrogen (secondary N) is 1. The van der Waals surface area contributed by atoms with E-state index in [-0.39, 0.29) is 30.5 Å². The van der Waals surface area contributed by atoms with Gasteiger partial charge in [0.2, 0.25) is 0 Å². The number of halogens is 2. The summed E-state index contributed by atoms with van der Waals surface area (Å²) >= 11 is 0. The first-order valence-electron chi connectivity index (χ1n) is 11.9. The average molecular weight is 461 g/mol. The number of aliphatic hydroxyl groups is 2.